The van der Waals surface area contributed by atoms with Gasteiger partial charge in [0.2, 0.25) is 11.8 Å². The molecule has 1 aromatic rings. The molecule has 0 spiro atoms. The fourth-order valence-electron chi connectivity index (χ4n) is 0.959. The van der Waals surface area contributed by atoms with E-state index in [1.807, 2.05) is 0 Å². The van der Waals surface area contributed by atoms with Crippen LogP contribution in [0.4, 0.5) is 0 Å². The quantitative estimate of drug-likeness (QED) is 0.727. The standard InChI is InChI=1S/C8H13N3O2/c1-5(2)3-7-10-8(13-11-7)4-6(9)12/h5H,3-4H2,1-2H3,(H2,9,12). The van der Waals surface area contributed by atoms with Gasteiger partial charge in [0.15, 0.2) is 5.82 Å². The highest BCUT2D eigenvalue weighted by molar-refractivity contribution is 5.75. The molecule has 0 saturated heterocycles. The normalized spacial score (nSPS) is 10.7. The third-order valence-electron chi connectivity index (χ3n) is 1.43. The van der Waals surface area contributed by atoms with Gasteiger partial charge in [0.1, 0.15) is 6.42 Å². The highest BCUT2D eigenvalue weighted by Crippen LogP contribution is 2.04. The lowest BCUT2D eigenvalue weighted by Crippen LogP contribution is -2.13. The maximum absolute atomic E-state index is 10.5. The predicted octanol–water partition coefficient (Wildman–Crippen LogP) is 0.296. The molecule has 0 atom stereocenters. The highest BCUT2D eigenvalue weighted by Gasteiger charge is 2.09. The zero-order chi connectivity index (χ0) is 9.84. The summed E-state index contributed by atoms with van der Waals surface area (Å²) in [5.41, 5.74) is 4.97. The van der Waals surface area contributed by atoms with Gasteiger partial charge in [-0.3, -0.25) is 4.79 Å². The van der Waals surface area contributed by atoms with Gasteiger partial charge >= 0.3 is 0 Å². The van der Waals surface area contributed by atoms with Crippen LogP contribution in [0, 0.1) is 5.92 Å². The van der Waals surface area contributed by atoms with Crippen LogP contribution in [0.1, 0.15) is 25.6 Å². The second kappa shape index (κ2) is 4.02. The number of amides is 1. The number of rotatable bonds is 4. The molecule has 5 nitrogen and oxygen atoms in total. The first-order valence-electron chi connectivity index (χ1n) is 4.17. The van der Waals surface area contributed by atoms with Crippen molar-refractivity contribution in [3.63, 3.8) is 0 Å². The lowest BCUT2D eigenvalue weighted by Gasteiger charge is -1.95. The largest absolute Gasteiger partial charge is 0.369 e. The second-order valence-electron chi connectivity index (χ2n) is 3.35. The Balaban J connectivity index is 2.58. The molecule has 0 aliphatic rings. The number of carbonyl (C=O) groups excluding carboxylic acids is 1. The van der Waals surface area contributed by atoms with Gasteiger partial charge in [-0.25, -0.2) is 0 Å². The Labute approximate surface area is 76.3 Å². The summed E-state index contributed by atoms with van der Waals surface area (Å²) in [5, 5.41) is 3.72. The van der Waals surface area contributed by atoms with Crippen molar-refractivity contribution in [1.82, 2.24) is 10.1 Å². The Morgan fingerprint density at radius 2 is 2.31 bits per heavy atom. The molecule has 1 rings (SSSR count). The van der Waals surface area contributed by atoms with Gasteiger partial charge in [-0.1, -0.05) is 19.0 Å². The zero-order valence-corrected chi connectivity index (χ0v) is 7.78. The summed E-state index contributed by atoms with van der Waals surface area (Å²) in [6.07, 6.45) is 0.771. The average Bonchev–Trinajstić information content (AvgIpc) is 2.33. The maximum Gasteiger partial charge on any atom is 0.236 e. The summed E-state index contributed by atoms with van der Waals surface area (Å²) in [4.78, 5) is 14.5. The molecular weight excluding hydrogens is 170 g/mol. The van der Waals surface area contributed by atoms with Crippen LogP contribution in [-0.2, 0) is 17.6 Å². The first-order valence-corrected chi connectivity index (χ1v) is 4.17. The third-order valence-corrected chi connectivity index (χ3v) is 1.43. The third kappa shape index (κ3) is 3.23. The molecule has 2 N–H and O–H groups in total. The highest BCUT2D eigenvalue weighted by atomic mass is 16.5. The smallest absolute Gasteiger partial charge is 0.236 e. The topological polar surface area (TPSA) is 82.0 Å². The zero-order valence-electron chi connectivity index (χ0n) is 7.78. The molecule has 13 heavy (non-hydrogen) atoms. The monoisotopic (exact) mass is 183 g/mol. The number of hydrogen-bond donors (Lipinski definition) is 1. The van der Waals surface area contributed by atoms with Gasteiger partial charge in [-0.15, -0.1) is 0 Å². The van der Waals surface area contributed by atoms with Crippen molar-refractivity contribution in [1.29, 1.82) is 0 Å². The minimum atomic E-state index is -0.459. The summed E-state index contributed by atoms with van der Waals surface area (Å²) in [5.74, 6) is 0.938. The molecule has 0 saturated carbocycles. The van der Waals surface area contributed by atoms with Crippen molar-refractivity contribution in [3.05, 3.63) is 11.7 Å². The van der Waals surface area contributed by atoms with E-state index >= 15 is 0 Å². The van der Waals surface area contributed by atoms with Crippen LogP contribution in [0.25, 0.3) is 0 Å². The number of carbonyl (C=O) groups is 1. The van der Waals surface area contributed by atoms with Crippen molar-refractivity contribution in [2.45, 2.75) is 26.7 Å². The Morgan fingerprint density at radius 1 is 1.62 bits per heavy atom. The van der Waals surface area contributed by atoms with Crippen LogP contribution in [0.3, 0.4) is 0 Å². The van der Waals surface area contributed by atoms with Crippen LogP contribution < -0.4 is 5.73 Å². The van der Waals surface area contributed by atoms with Crippen molar-refractivity contribution < 1.29 is 9.32 Å². The summed E-state index contributed by atoms with van der Waals surface area (Å²) in [6.45, 7) is 4.12. The van der Waals surface area contributed by atoms with E-state index in [9.17, 15) is 4.79 Å². The first-order chi connectivity index (χ1) is 6.08. The number of aromatic nitrogens is 2. The van der Waals surface area contributed by atoms with Gasteiger partial charge in [0, 0.05) is 6.42 Å². The Bertz CT molecular complexity index is 293. The van der Waals surface area contributed by atoms with Crippen LogP contribution >= 0.6 is 0 Å². The molecular formula is C8H13N3O2. The summed E-state index contributed by atoms with van der Waals surface area (Å²) in [6, 6.07) is 0. The molecule has 0 radical (unpaired) electrons. The molecule has 0 unspecified atom stereocenters. The SMILES string of the molecule is CC(C)Cc1noc(CC(N)=O)n1. The number of hydrogen-bond acceptors (Lipinski definition) is 4. The molecule has 0 aliphatic carbocycles. The predicted molar refractivity (Wildman–Crippen MR) is 45.7 cm³/mol. The van der Waals surface area contributed by atoms with Gasteiger partial charge < -0.3 is 10.3 Å². The van der Waals surface area contributed by atoms with Gasteiger partial charge in [-0.05, 0) is 5.92 Å². The summed E-state index contributed by atoms with van der Waals surface area (Å²) < 4.78 is 4.81. The Kier molecular flexibility index (Phi) is 3.00. The minimum absolute atomic E-state index is 0.0189. The fraction of sp³-hybridized carbons (Fsp3) is 0.625. The summed E-state index contributed by atoms with van der Waals surface area (Å²) >= 11 is 0. The van der Waals surface area contributed by atoms with E-state index in [4.69, 9.17) is 10.3 Å². The van der Waals surface area contributed by atoms with Gasteiger partial charge in [0.05, 0.1) is 0 Å². The number of nitrogens with two attached hydrogens (primary N) is 1. The number of primary amides is 1. The molecule has 5 heteroatoms. The lowest BCUT2D eigenvalue weighted by molar-refractivity contribution is -0.117. The average molecular weight is 183 g/mol. The van der Waals surface area contributed by atoms with Crippen LogP contribution in [0.5, 0.6) is 0 Å². The van der Waals surface area contributed by atoms with Gasteiger partial charge in [-0.2, -0.15) is 4.98 Å². The molecule has 1 amide bonds. The van der Waals surface area contributed by atoms with Crippen molar-refractivity contribution in [2.24, 2.45) is 11.7 Å². The maximum atomic E-state index is 10.5. The van der Waals surface area contributed by atoms with E-state index in [1.165, 1.54) is 0 Å². The van der Waals surface area contributed by atoms with E-state index in [1.54, 1.807) is 0 Å². The van der Waals surface area contributed by atoms with E-state index in [2.05, 4.69) is 24.0 Å². The molecule has 1 heterocycles. The second-order valence-corrected chi connectivity index (χ2v) is 3.35. The van der Waals surface area contributed by atoms with E-state index in [0.29, 0.717) is 17.6 Å². The van der Waals surface area contributed by atoms with Crippen molar-refractivity contribution in [2.75, 3.05) is 0 Å². The van der Waals surface area contributed by atoms with E-state index in [0.717, 1.165) is 6.42 Å². The minimum Gasteiger partial charge on any atom is -0.369 e. The van der Waals surface area contributed by atoms with Crippen LogP contribution in [0.2, 0.25) is 0 Å². The number of nitrogens with zero attached hydrogens (tertiary/aromatic N) is 2. The van der Waals surface area contributed by atoms with Crippen molar-refractivity contribution in [3.8, 4) is 0 Å². The molecule has 0 fully saturated rings. The Hall–Kier alpha value is -1.39. The molecule has 0 aliphatic heterocycles. The van der Waals surface area contributed by atoms with E-state index < -0.39 is 5.91 Å². The fourth-order valence-corrected chi connectivity index (χ4v) is 0.959. The molecule has 0 aromatic carbocycles. The molecule has 0 bridgehead atoms. The van der Waals surface area contributed by atoms with Crippen molar-refractivity contribution >= 4 is 5.91 Å². The van der Waals surface area contributed by atoms with Crippen LogP contribution in [-0.4, -0.2) is 16.0 Å². The van der Waals surface area contributed by atoms with Gasteiger partial charge in [0.25, 0.3) is 0 Å². The van der Waals surface area contributed by atoms with E-state index in [-0.39, 0.29) is 6.42 Å². The first kappa shape index (κ1) is 9.70. The molecule has 1 aromatic heterocycles. The lowest BCUT2D eigenvalue weighted by atomic mass is 10.1. The Morgan fingerprint density at radius 3 is 2.85 bits per heavy atom. The van der Waals surface area contributed by atoms with Crippen LogP contribution in [0.15, 0.2) is 4.52 Å². The summed E-state index contributed by atoms with van der Waals surface area (Å²) in [7, 11) is 0. The molecule has 72 valence electrons.